The van der Waals surface area contributed by atoms with Gasteiger partial charge in [0.1, 0.15) is 0 Å². The van der Waals surface area contributed by atoms with Crippen molar-refractivity contribution < 1.29 is 0 Å². The first-order chi connectivity index (χ1) is 9.72. The van der Waals surface area contributed by atoms with Crippen molar-refractivity contribution in [2.45, 2.75) is 51.2 Å². The van der Waals surface area contributed by atoms with E-state index >= 15 is 0 Å². The van der Waals surface area contributed by atoms with Crippen LogP contribution in [-0.4, -0.2) is 24.1 Å². The fourth-order valence-electron chi connectivity index (χ4n) is 2.53. The minimum absolute atomic E-state index is 0.766. The van der Waals surface area contributed by atoms with Gasteiger partial charge in [-0.25, -0.2) is 0 Å². The molecule has 20 heavy (non-hydrogen) atoms. The van der Waals surface area contributed by atoms with Crippen molar-refractivity contribution in [2.24, 2.45) is 4.99 Å². The second-order valence-electron chi connectivity index (χ2n) is 5.09. The predicted octanol–water partition coefficient (Wildman–Crippen LogP) is 4.71. The molecule has 112 valence electrons. The molecule has 0 unspecified atom stereocenters. The van der Waals surface area contributed by atoms with Crippen LogP contribution in [0.2, 0.25) is 0 Å². The lowest BCUT2D eigenvalue weighted by Gasteiger charge is -2.22. The Hall–Kier alpha value is -0.800. The van der Waals surface area contributed by atoms with E-state index in [-0.39, 0.29) is 0 Å². The molecule has 0 amide bonds. The van der Waals surface area contributed by atoms with Crippen molar-refractivity contribution in [3.8, 4) is 0 Å². The maximum atomic E-state index is 4.42. The molecule has 1 N–H and O–H groups in total. The Labute approximate surface area is 128 Å². The molecule has 1 saturated carbocycles. The number of thioether (sulfide) groups is 1. The first kappa shape index (κ1) is 17.3. The van der Waals surface area contributed by atoms with E-state index in [9.17, 15) is 0 Å². The molecule has 0 aromatic heterocycles. The summed E-state index contributed by atoms with van der Waals surface area (Å²) in [6.45, 7) is 13.7. The topological polar surface area (TPSA) is 24.4 Å². The highest BCUT2D eigenvalue weighted by molar-refractivity contribution is 8.03. The van der Waals surface area contributed by atoms with Gasteiger partial charge in [0.05, 0.1) is 5.71 Å². The van der Waals surface area contributed by atoms with Crippen molar-refractivity contribution in [2.75, 3.05) is 13.1 Å². The second kappa shape index (κ2) is 10.0. The molecule has 0 saturated heterocycles. The first-order valence-corrected chi connectivity index (χ1v) is 8.49. The minimum atomic E-state index is 0.766. The molecule has 3 heteroatoms. The van der Waals surface area contributed by atoms with Gasteiger partial charge in [-0.15, -0.1) is 11.8 Å². The Morgan fingerprint density at radius 2 is 2.00 bits per heavy atom. The smallest absolute Gasteiger partial charge is 0.0621 e. The fraction of sp³-hybridized carbons (Fsp3) is 0.588. The van der Waals surface area contributed by atoms with Gasteiger partial charge in [-0.1, -0.05) is 45.4 Å². The molecule has 1 aliphatic rings. The van der Waals surface area contributed by atoms with Gasteiger partial charge in [0.25, 0.3) is 0 Å². The number of hydrogen-bond donors (Lipinski definition) is 1. The molecule has 0 heterocycles. The lowest BCUT2D eigenvalue weighted by Crippen LogP contribution is -2.24. The lowest BCUT2D eigenvalue weighted by molar-refractivity contribution is 0.516. The number of aliphatic imine (C=N–C) groups is 1. The van der Waals surface area contributed by atoms with Crippen molar-refractivity contribution >= 4 is 17.5 Å². The van der Waals surface area contributed by atoms with E-state index in [1.54, 1.807) is 6.20 Å². The summed E-state index contributed by atoms with van der Waals surface area (Å²) in [6.07, 6.45) is 10.4. The summed E-state index contributed by atoms with van der Waals surface area (Å²) in [7, 11) is 0. The maximum Gasteiger partial charge on any atom is 0.0621 e. The molecule has 1 rings (SSSR count). The number of nitrogens with zero attached hydrogens (tertiary/aromatic N) is 1. The normalized spacial score (nSPS) is 18.6. The Kier molecular flexibility index (Phi) is 8.63. The van der Waals surface area contributed by atoms with Crippen molar-refractivity contribution in [3.63, 3.8) is 0 Å². The van der Waals surface area contributed by atoms with Crippen molar-refractivity contribution in [1.29, 1.82) is 0 Å². The quantitative estimate of drug-likeness (QED) is 0.518. The van der Waals surface area contributed by atoms with E-state index < -0.39 is 0 Å². The van der Waals surface area contributed by atoms with E-state index in [1.807, 2.05) is 17.8 Å². The number of nitrogens with one attached hydrogen (secondary N) is 1. The van der Waals surface area contributed by atoms with Gasteiger partial charge in [0.2, 0.25) is 0 Å². The Morgan fingerprint density at radius 3 is 2.55 bits per heavy atom. The van der Waals surface area contributed by atoms with E-state index in [4.69, 9.17) is 0 Å². The summed E-state index contributed by atoms with van der Waals surface area (Å²) in [5.74, 6) is 0. The number of allylic oxidation sites excluding steroid dienone is 2. The lowest BCUT2D eigenvalue weighted by atomic mass is 10.0. The summed E-state index contributed by atoms with van der Waals surface area (Å²) in [6, 6.07) is 0. The van der Waals surface area contributed by atoms with Crippen LogP contribution in [0.3, 0.4) is 0 Å². The van der Waals surface area contributed by atoms with Gasteiger partial charge in [-0.3, -0.25) is 4.99 Å². The maximum absolute atomic E-state index is 4.42. The van der Waals surface area contributed by atoms with E-state index in [1.165, 1.54) is 42.6 Å². The second-order valence-corrected chi connectivity index (χ2v) is 6.61. The molecule has 0 aliphatic heterocycles. The zero-order valence-corrected chi connectivity index (χ0v) is 13.8. The highest BCUT2D eigenvalue weighted by atomic mass is 32.2. The van der Waals surface area contributed by atoms with Crippen LogP contribution in [0.4, 0.5) is 0 Å². The highest BCUT2D eigenvalue weighted by Gasteiger charge is 2.16. The van der Waals surface area contributed by atoms with Crippen LogP contribution in [-0.2, 0) is 0 Å². The molecule has 2 nitrogen and oxygen atoms in total. The minimum Gasteiger partial charge on any atom is -0.311 e. The molecule has 0 aromatic carbocycles. The summed E-state index contributed by atoms with van der Waals surface area (Å²) in [5, 5.41) is 4.10. The molecule has 1 fully saturated rings. The predicted molar refractivity (Wildman–Crippen MR) is 93.5 cm³/mol. The van der Waals surface area contributed by atoms with E-state index in [0.717, 1.165) is 24.1 Å². The summed E-state index contributed by atoms with van der Waals surface area (Å²) >= 11 is 2.01. The largest absolute Gasteiger partial charge is 0.311 e. The Bertz CT molecular complexity index is 376. The van der Waals surface area contributed by atoms with Gasteiger partial charge >= 0.3 is 0 Å². The fourth-order valence-corrected chi connectivity index (χ4v) is 3.92. The summed E-state index contributed by atoms with van der Waals surface area (Å²) < 4.78 is 0. The highest BCUT2D eigenvalue weighted by Crippen LogP contribution is 2.34. The molecule has 0 atom stereocenters. The molecular formula is C17H28N2S. The van der Waals surface area contributed by atoms with Crippen LogP contribution < -0.4 is 5.32 Å². The average molecular weight is 292 g/mol. The molecule has 0 radical (unpaired) electrons. The third-order valence-corrected chi connectivity index (χ3v) is 4.96. The van der Waals surface area contributed by atoms with Crippen LogP contribution >= 0.6 is 11.8 Å². The number of hydrogen-bond acceptors (Lipinski definition) is 3. The standard InChI is InChI=1S/C17H28N2S/c1-5-16(17(19-7-3)13-18-6-2)14(4)20-15-11-9-8-10-12-15/h5,7,15,18H,1,3,6,8-13H2,2,4H3/b16-14+,19-17-. The van der Waals surface area contributed by atoms with Gasteiger partial charge in [-0.05, 0) is 31.2 Å². The van der Waals surface area contributed by atoms with E-state index in [2.05, 4.69) is 37.3 Å². The molecular weight excluding hydrogens is 264 g/mol. The monoisotopic (exact) mass is 292 g/mol. The third kappa shape index (κ3) is 5.68. The van der Waals surface area contributed by atoms with Crippen molar-refractivity contribution in [3.05, 3.63) is 35.9 Å². The SMILES string of the molecule is C=C/N=C(CNCC)\C(C=C)=C(/C)SC1CCCCC1. The van der Waals surface area contributed by atoms with Gasteiger partial charge < -0.3 is 5.32 Å². The Balaban J connectivity index is 2.81. The molecule has 0 bridgehead atoms. The van der Waals surface area contributed by atoms with Gasteiger partial charge in [-0.2, -0.15) is 0 Å². The Morgan fingerprint density at radius 1 is 1.30 bits per heavy atom. The zero-order chi connectivity index (χ0) is 14.8. The molecule has 1 aliphatic carbocycles. The first-order valence-electron chi connectivity index (χ1n) is 7.61. The van der Waals surface area contributed by atoms with E-state index in [0.29, 0.717) is 0 Å². The molecule has 0 spiro atoms. The van der Waals surface area contributed by atoms with Crippen LogP contribution in [0, 0.1) is 0 Å². The summed E-state index contributed by atoms with van der Waals surface area (Å²) in [4.78, 5) is 5.76. The van der Waals surface area contributed by atoms with Gasteiger partial charge in [0.15, 0.2) is 0 Å². The number of rotatable bonds is 8. The molecule has 0 aromatic rings. The van der Waals surface area contributed by atoms with Crippen molar-refractivity contribution in [1.82, 2.24) is 5.32 Å². The van der Waals surface area contributed by atoms with Crippen LogP contribution in [0.1, 0.15) is 46.0 Å². The zero-order valence-electron chi connectivity index (χ0n) is 13.0. The van der Waals surface area contributed by atoms with Gasteiger partial charge in [0, 0.05) is 23.6 Å². The van der Waals surface area contributed by atoms with Crippen LogP contribution in [0.5, 0.6) is 0 Å². The van der Waals surface area contributed by atoms with Crippen LogP contribution in [0.15, 0.2) is 40.9 Å². The third-order valence-electron chi connectivity index (χ3n) is 3.58. The van der Waals surface area contributed by atoms with Crippen LogP contribution in [0.25, 0.3) is 0 Å². The average Bonchev–Trinajstić information content (AvgIpc) is 2.46. The summed E-state index contributed by atoms with van der Waals surface area (Å²) in [5.41, 5.74) is 2.21.